The maximum absolute atomic E-state index is 12.5. The number of fused-ring (bicyclic) bond motifs is 1. The number of piperazine rings is 1. The summed E-state index contributed by atoms with van der Waals surface area (Å²) < 4.78 is 0. The number of amides is 3. The molecule has 9 heteroatoms. The van der Waals surface area contributed by atoms with Crippen molar-refractivity contribution in [2.24, 2.45) is 0 Å². The average molecular weight is 401 g/mol. The number of carbonyl (C=O) groups is 2. The van der Waals surface area contributed by atoms with Gasteiger partial charge in [-0.2, -0.15) is 0 Å². The van der Waals surface area contributed by atoms with Crippen molar-refractivity contribution in [1.82, 2.24) is 14.7 Å². The van der Waals surface area contributed by atoms with Crippen molar-refractivity contribution in [3.05, 3.63) is 34.4 Å². The molecule has 3 aliphatic rings. The van der Waals surface area contributed by atoms with E-state index in [-0.39, 0.29) is 28.6 Å². The Hall–Kier alpha value is -2.68. The molecule has 0 unspecified atom stereocenters. The van der Waals surface area contributed by atoms with Gasteiger partial charge in [0.25, 0.3) is 11.6 Å². The molecule has 0 N–H and O–H groups in total. The number of nitrogens with zero attached hydrogens (tertiary/aromatic N) is 5. The number of nitro groups is 1. The van der Waals surface area contributed by atoms with Crippen molar-refractivity contribution in [1.29, 1.82) is 0 Å². The molecule has 29 heavy (non-hydrogen) atoms. The molecule has 0 saturated carbocycles. The monoisotopic (exact) mass is 401 g/mol. The number of anilines is 1. The number of hydrogen-bond acceptors (Lipinski definition) is 6. The maximum Gasteiger partial charge on any atom is 0.327 e. The van der Waals surface area contributed by atoms with E-state index in [0.717, 1.165) is 64.1 Å². The summed E-state index contributed by atoms with van der Waals surface area (Å²) in [5.41, 5.74) is 0.991. The van der Waals surface area contributed by atoms with Crippen LogP contribution >= 0.6 is 0 Å². The van der Waals surface area contributed by atoms with Gasteiger partial charge < -0.3 is 9.80 Å². The van der Waals surface area contributed by atoms with E-state index in [1.165, 1.54) is 11.0 Å². The summed E-state index contributed by atoms with van der Waals surface area (Å²) in [5, 5.41) is 11.0. The molecule has 0 spiro atoms. The number of rotatable bonds is 6. The lowest BCUT2D eigenvalue weighted by Crippen LogP contribution is -2.47. The van der Waals surface area contributed by atoms with E-state index in [2.05, 4.69) is 9.80 Å². The number of piperidine rings is 1. The van der Waals surface area contributed by atoms with Gasteiger partial charge in [0, 0.05) is 57.1 Å². The standard InChI is InChI=1S/C20H27N5O4/c26-19-18-7-1-2-9-23(18)20(27)24(19)10-4-8-21-11-13-22(14-12-21)16-5-3-6-17(15-16)25(28)29/h3,5-6,15,18H,1-2,4,7-14H2/t18-/m0/s1. The maximum atomic E-state index is 12.5. The van der Waals surface area contributed by atoms with Gasteiger partial charge in [0.1, 0.15) is 6.04 Å². The van der Waals surface area contributed by atoms with Crippen LogP contribution in [0.5, 0.6) is 0 Å². The zero-order valence-electron chi connectivity index (χ0n) is 16.5. The summed E-state index contributed by atoms with van der Waals surface area (Å²) in [6, 6.07) is 6.41. The molecular formula is C20H27N5O4. The fourth-order valence-corrected chi connectivity index (χ4v) is 4.54. The highest BCUT2D eigenvalue weighted by Gasteiger charge is 2.45. The number of benzene rings is 1. The smallest absolute Gasteiger partial charge is 0.327 e. The highest BCUT2D eigenvalue weighted by molar-refractivity contribution is 6.04. The van der Waals surface area contributed by atoms with Gasteiger partial charge in [-0.1, -0.05) is 6.07 Å². The van der Waals surface area contributed by atoms with E-state index < -0.39 is 0 Å². The molecule has 3 fully saturated rings. The van der Waals surface area contributed by atoms with Crippen molar-refractivity contribution < 1.29 is 14.5 Å². The SMILES string of the molecule is O=C1[C@@H]2CCCCN2C(=O)N1CCCN1CCN(c2cccc([N+](=O)[O-])c2)CC1. The van der Waals surface area contributed by atoms with Gasteiger partial charge >= 0.3 is 6.03 Å². The molecule has 1 aromatic carbocycles. The summed E-state index contributed by atoms with van der Waals surface area (Å²) in [6.45, 7) is 5.35. The third-order valence-electron chi connectivity index (χ3n) is 6.16. The fraction of sp³-hybridized carbons (Fsp3) is 0.600. The summed E-state index contributed by atoms with van der Waals surface area (Å²) >= 11 is 0. The van der Waals surface area contributed by atoms with Gasteiger partial charge in [-0.15, -0.1) is 0 Å². The predicted octanol–water partition coefficient (Wildman–Crippen LogP) is 1.92. The van der Waals surface area contributed by atoms with E-state index in [1.54, 1.807) is 17.0 Å². The molecule has 3 amide bonds. The Morgan fingerprint density at radius 2 is 1.83 bits per heavy atom. The van der Waals surface area contributed by atoms with E-state index in [0.29, 0.717) is 13.1 Å². The molecule has 1 atom stereocenters. The van der Waals surface area contributed by atoms with Gasteiger partial charge in [-0.3, -0.25) is 24.7 Å². The van der Waals surface area contributed by atoms with Gasteiger partial charge in [0.05, 0.1) is 4.92 Å². The molecule has 4 rings (SSSR count). The van der Waals surface area contributed by atoms with Gasteiger partial charge in [-0.05, 0) is 38.3 Å². The number of urea groups is 1. The van der Waals surface area contributed by atoms with Crippen LogP contribution in [0.15, 0.2) is 24.3 Å². The van der Waals surface area contributed by atoms with Crippen LogP contribution in [0.4, 0.5) is 16.2 Å². The van der Waals surface area contributed by atoms with E-state index in [9.17, 15) is 19.7 Å². The van der Waals surface area contributed by atoms with Crippen LogP contribution in [0.25, 0.3) is 0 Å². The zero-order chi connectivity index (χ0) is 20.4. The topological polar surface area (TPSA) is 90.2 Å². The van der Waals surface area contributed by atoms with Gasteiger partial charge in [-0.25, -0.2) is 4.79 Å². The van der Waals surface area contributed by atoms with Crippen molar-refractivity contribution in [2.75, 3.05) is 50.7 Å². The van der Waals surface area contributed by atoms with Crippen LogP contribution in [-0.4, -0.2) is 83.4 Å². The number of hydrogen-bond donors (Lipinski definition) is 0. The summed E-state index contributed by atoms with van der Waals surface area (Å²) in [6.07, 6.45) is 3.57. The Kier molecular flexibility index (Phi) is 5.66. The van der Waals surface area contributed by atoms with Gasteiger partial charge in [0.2, 0.25) is 0 Å². The Bertz CT molecular complexity index is 769. The average Bonchev–Trinajstić information content (AvgIpc) is 2.99. The van der Waals surface area contributed by atoms with Crippen LogP contribution in [0, 0.1) is 10.1 Å². The van der Waals surface area contributed by atoms with Crippen LogP contribution in [0.2, 0.25) is 0 Å². The molecule has 0 radical (unpaired) electrons. The van der Waals surface area contributed by atoms with Crippen molar-refractivity contribution in [3.8, 4) is 0 Å². The first-order valence-corrected chi connectivity index (χ1v) is 10.4. The third kappa shape index (κ3) is 4.05. The minimum Gasteiger partial charge on any atom is -0.369 e. The molecule has 156 valence electrons. The zero-order valence-corrected chi connectivity index (χ0v) is 16.5. The summed E-state index contributed by atoms with van der Waals surface area (Å²) in [5.74, 6) is -0.0230. The van der Waals surface area contributed by atoms with Crippen LogP contribution < -0.4 is 4.90 Å². The molecule has 3 heterocycles. The molecule has 1 aromatic rings. The van der Waals surface area contributed by atoms with Gasteiger partial charge in [0.15, 0.2) is 0 Å². The first-order valence-electron chi connectivity index (χ1n) is 10.4. The first-order chi connectivity index (χ1) is 14.0. The lowest BCUT2D eigenvalue weighted by atomic mass is 10.0. The minimum absolute atomic E-state index is 0.0230. The molecule has 0 aromatic heterocycles. The first kappa shape index (κ1) is 19.6. The quantitative estimate of drug-likeness (QED) is 0.411. The van der Waals surface area contributed by atoms with Crippen LogP contribution in [0.3, 0.4) is 0 Å². The van der Waals surface area contributed by atoms with Crippen molar-refractivity contribution in [3.63, 3.8) is 0 Å². The fourth-order valence-electron chi connectivity index (χ4n) is 4.54. The number of non-ortho nitro benzene ring substituents is 1. The Labute approximate surface area is 170 Å². The van der Waals surface area contributed by atoms with E-state index in [4.69, 9.17) is 0 Å². The largest absolute Gasteiger partial charge is 0.369 e. The Balaban J connectivity index is 1.23. The highest BCUT2D eigenvalue weighted by Crippen LogP contribution is 2.27. The van der Waals surface area contributed by atoms with E-state index >= 15 is 0 Å². The lowest BCUT2D eigenvalue weighted by molar-refractivity contribution is -0.384. The predicted molar refractivity (Wildman–Crippen MR) is 108 cm³/mol. The summed E-state index contributed by atoms with van der Waals surface area (Å²) in [4.78, 5) is 43.2. The molecule has 0 aliphatic carbocycles. The molecule has 9 nitrogen and oxygen atoms in total. The lowest BCUT2D eigenvalue weighted by Gasteiger charge is -2.36. The summed E-state index contributed by atoms with van der Waals surface area (Å²) in [7, 11) is 0. The van der Waals surface area contributed by atoms with E-state index in [1.807, 2.05) is 6.07 Å². The normalized spacial score (nSPS) is 22.9. The minimum atomic E-state index is -0.368. The number of nitro benzene ring substituents is 1. The molecule has 3 saturated heterocycles. The number of imide groups is 1. The third-order valence-corrected chi connectivity index (χ3v) is 6.16. The Morgan fingerprint density at radius 3 is 2.55 bits per heavy atom. The molecule has 0 bridgehead atoms. The Morgan fingerprint density at radius 1 is 1.03 bits per heavy atom. The molecule has 3 aliphatic heterocycles. The van der Waals surface area contributed by atoms with Crippen molar-refractivity contribution >= 4 is 23.3 Å². The van der Waals surface area contributed by atoms with Crippen LogP contribution in [-0.2, 0) is 4.79 Å². The highest BCUT2D eigenvalue weighted by atomic mass is 16.6. The second kappa shape index (κ2) is 8.36. The second-order valence-electron chi connectivity index (χ2n) is 7.94. The van der Waals surface area contributed by atoms with Crippen LogP contribution in [0.1, 0.15) is 25.7 Å². The molecular weight excluding hydrogens is 374 g/mol. The van der Waals surface area contributed by atoms with Crippen molar-refractivity contribution in [2.45, 2.75) is 31.7 Å². The second-order valence-corrected chi connectivity index (χ2v) is 7.94. The number of carbonyl (C=O) groups excluding carboxylic acids is 2.